The number of amides is 1. The number of piperazine rings is 1. The van der Waals surface area contributed by atoms with Crippen LogP contribution in [0.2, 0.25) is 10.0 Å². The number of ether oxygens (including phenoxy) is 2. The number of nitrogens with one attached hydrogen (secondary N) is 2. The summed E-state index contributed by atoms with van der Waals surface area (Å²) in [5.74, 6) is 2.41. The van der Waals surface area contributed by atoms with E-state index in [1.807, 2.05) is 30.3 Å². The molecule has 0 atom stereocenters. The molecular weight excluding hydrogens is 551 g/mol. The number of aromatic nitrogens is 2. The van der Waals surface area contributed by atoms with Crippen LogP contribution < -0.4 is 20.3 Å². The van der Waals surface area contributed by atoms with Gasteiger partial charge in [0.25, 0.3) is 0 Å². The van der Waals surface area contributed by atoms with Crippen LogP contribution in [0.15, 0.2) is 48.7 Å². The normalized spacial score (nSPS) is 16.5. The molecule has 4 heterocycles. The van der Waals surface area contributed by atoms with Gasteiger partial charge in [-0.25, -0.2) is 14.8 Å². The molecule has 0 aliphatic carbocycles. The summed E-state index contributed by atoms with van der Waals surface area (Å²) in [6.07, 6.45) is 3.29. The number of likely N-dealkylation sites (tertiary alicyclic amines) is 1. The molecule has 11 heteroatoms. The van der Waals surface area contributed by atoms with Crippen molar-refractivity contribution in [2.75, 3.05) is 57.8 Å². The number of piperidine rings is 1. The lowest BCUT2D eigenvalue weighted by atomic mass is 9.97. The summed E-state index contributed by atoms with van der Waals surface area (Å²) < 4.78 is 11.5. The molecule has 0 spiro atoms. The average Bonchev–Trinajstić information content (AvgIpc) is 2.97. The lowest BCUT2D eigenvalue weighted by Crippen LogP contribution is -2.43. The third-order valence-electron chi connectivity index (χ3n) is 7.17. The maximum absolute atomic E-state index is 11.4. The standard InChI is InChI=1S/C29H34Cl2N6O3/c1-32-29(38)39-19-20-4-8-36(9-5-20)18-21-12-26(22-14-23(30)16-24(31)15-22)35-28(13-21)40-25-2-3-27(34-17-25)37-10-6-33-7-11-37/h2-3,12-17,20,33H,4-11,18-19H2,1H3,(H,32,38). The van der Waals surface area contributed by atoms with Crippen LogP contribution in [0.3, 0.4) is 0 Å². The first kappa shape index (κ1) is 28.4. The molecule has 9 nitrogen and oxygen atoms in total. The number of halogens is 2. The third kappa shape index (κ3) is 7.75. The Hall–Kier alpha value is -3.11. The predicted octanol–water partition coefficient (Wildman–Crippen LogP) is 5.22. The highest BCUT2D eigenvalue weighted by atomic mass is 35.5. The van der Waals surface area contributed by atoms with Gasteiger partial charge in [0.15, 0.2) is 0 Å². The van der Waals surface area contributed by atoms with Crippen molar-refractivity contribution in [3.05, 3.63) is 64.3 Å². The number of hydrogen-bond acceptors (Lipinski definition) is 8. The van der Waals surface area contributed by atoms with E-state index in [4.69, 9.17) is 37.7 Å². The molecule has 212 valence electrons. The number of carbonyl (C=O) groups excluding carboxylic acids is 1. The van der Waals surface area contributed by atoms with Crippen LogP contribution in [0.4, 0.5) is 10.6 Å². The number of nitrogens with zero attached hydrogens (tertiary/aromatic N) is 4. The van der Waals surface area contributed by atoms with E-state index >= 15 is 0 Å². The maximum Gasteiger partial charge on any atom is 0.406 e. The first-order valence-corrected chi connectivity index (χ1v) is 14.3. The minimum absolute atomic E-state index is 0.366. The molecule has 1 aromatic carbocycles. The van der Waals surface area contributed by atoms with Crippen molar-refractivity contribution in [3.8, 4) is 22.9 Å². The van der Waals surface area contributed by atoms with Gasteiger partial charge >= 0.3 is 6.09 Å². The van der Waals surface area contributed by atoms with Crippen LogP contribution in [0.5, 0.6) is 11.6 Å². The summed E-state index contributed by atoms with van der Waals surface area (Å²) in [6.45, 7) is 6.78. The largest absolute Gasteiger partial charge is 0.449 e. The molecule has 2 aromatic heterocycles. The van der Waals surface area contributed by atoms with Gasteiger partial charge in [-0.2, -0.15) is 0 Å². The lowest BCUT2D eigenvalue weighted by molar-refractivity contribution is 0.0955. The highest BCUT2D eigenvalue weighted by Gasteiger charge is 2.21. The van der Waals surface area contributed by atoms with Crippen LogP contribution in [0.1, 0.15) is 18.4 Å². The molecule has 0 unspecified atom stereocenters. The van der Waals surface area contributed by atoms with Gasteiger partial charge in [-0.15, -0.1) is 0 Å². The van der Waals surface area contributed by atoms with Gasteiger partial charge in [-0.05, 0) is 73.8 Å². The number of hydrogen-bond donors (Lipinski definition) is 2. The minimum Gasteiger partial charge on any atom is -0.449 e. The van der Waals surface area contributed by atoms with E-state index in [9.17, 15) is 4.79 Å². The molecule has 0 saturated carbocycles. The topological polar surface area (TPSA) is 91.8 Å². The Morgan fingerprint density at radius 1 is 1.05 bits per heavy atom. The number of benzene rings is 1. The monoisotopic (exact) mass is 584 g/mol. The number of rotatable bonds is 8. The second kappa shape index (κ2) is 13.5. The molecule has 2 aliphatic rings. The molecule has 40 heavy (non-hydrogen) atoms. The second-order valence-electron chi connectivity index (χ2n) is 10.1. The van der Waals surface area contributed by atoms with E-state index in [-0.39, 0.29) is 6.09 Å². The second-order valence-corrected chi connectivity index (χ2v) is 11.0. The Bertz CT molecular complexity index is 1280. The molecule has 5 rings (SSSR count). The van der Waals surface area contributed by atoms with Crippen LogP contribution in [0.25, 0.3) is 11.3 Å². The zero-order chi connectivity index (χ0) is 27.9. The summed E-state index contributed by atoms with van der Waals surface area (Å²) in [5, 5.41) is 6.95. The summed E-state index contributed by atoms with van der Waals surface area (Å²) in [4.78, 5) is 25.5. The number of anilines is 1. The van der Waals surface area contributed by atoms with Crippen LogP contribution in [-0.4, -0.2) is 73.9 Å². The molecule has 0 bridgehead atoms. The first-order valence-electron chi connectivity index (χ1n) is 13.6. The van der Waals surface area contributed by atoms with E-state index in [0.29, 0.717) is 34.2 Å². The van der Waals surface area contributed by atoms with Gasteiger partial charge in [0.05, 0.1) is 18.5 Å². The van der Waals surface area contributed by atoms with Crippen molar-refractivity contribution >= 4 is 35.1 Å². The predicted molar refractivity (Wildman–Crippen MR) is 157 cm³/mol. The van der Waals surface area contributed by atoms with Crippen LogP contribution in [-0.2, 0) is 11.3 Å². The van der Waals surface area contributed by atoms with Crippen LogP contribution in [0, 0.1) is 5.92 Å². The van der Waals surface area contributed by atoms with Crippen molar-refractivity contribution in [3.63, 3.8) is 0 Å². The van der Waals surface area contributed by atoms with E-state index in [2.05, 4.69) is 31.5 Å². The maximum atomic E-state index is 11.4. The molecule has 2 aliphatic heterocycles. The number of pyridine rings is 2. The number of carbonyl (C=O) groups is 1. The molecule has 0 radical (unpaired) electrons. The zero-order valence-corrected chi connectivity index (χ0v) is 24.0. The quantitative estimate of drug-likeness (QED) is 0.372. The Balaban J connectivity index is 1.31. The van der Waals surface area contributed by atoms with Gasteiger partial charge in [0.1, 0.15) is 11.6 Å². The fraction of sp³-hybridized carbons (Fsp3) is 0.414. The van der Waals surface area contributed by atoms with Crippen molar-refractivity contribution in [2.24, 2.45) is 5.92 Å². The summed E-state index contributed by atoms with van der Waals surface area (Å²) in [5.41, 5.74) is 2.62. The van der Waals surface area contributed by atoms with Crippen molar-refractivity contribution in [1.82, 2.24) is 25.5 Å². The van der Waals surface area contributed by atoms with E-state index < -0.39 is 0 Å². The first-order chi connectivity index (χ1) is 19.4. The van der Waals surface area contributed by atoms with E-state index in [1.165, 1.54) is 0 Å². The summed E-state index contributed by atoms with van der Waals surface area (Å²) in [6, 6.07) is 13.4. The molecule has 2 saturated heterocycles. The van der Waals surface area contributed by atoms with Crippen molar-refractivity contribution in [1.29, 1.82) is 0 Å². The highest BCUT2D eigenvalue weighted by Crippen LogP contribution is 2.31. The zero-order valence-electron chi connectivity index (χ0n) is 22.5. The van der Waals surface area contributed by atoms with Gasteiger partial charge in [0.2, 0.25) is 5.88 Å². The minimum atomic E-state index is -0.381. The molecule has 1 amide bonds. The SMILES string of the molecule is CNC(=O)OCC1CCN(Cc2cc(Oc3ccc(N4CCNCC4)nc3)nc(-c3cc(Cl)cc(Cl)c3)c2)CC1. The van der Waals surface area contributed by atoms with Crippen molar-refractivity contribution < 1.29 is 14.3 Å². The fourth-order valence-corrected chi connectivity index (χ4v) is 5.55. The van der Waals surface area contributed by atoms with Gasteiger partial charge in [-0.3, -0.25) is 4.90 Å². The van der Waals surface area contributed by atoms with Crippen LogP contribution >= 0.6 is 23.2 Å². The lowest BCUT2D eigenvalue weighted by Gasteiger charge is -2.31. The average molecular weight is 586 g/mol. The van der Waals surface area contributed by atoms with Gasteiger partial charge in [0, 0.05) is 61.4 Å². The summed E-state index contributed by atoms with van der Waals surface area (Å²) in [7, 11) is 1.57. The fourth-order valence-electron chi connectivity index (χ4n) is 5.02. The Morgan fingerprint density at radius 2 is 1.80 bits per heavy atom. The molecule has 2 N–H and O–H groups in total. The van der Waals surface area contributed by atoms with Gasteiger partial charge in [-0.1, -0.05) is 23.2 Å². The molecule has 3 aromatic rings. The smallest absolute Gasteiger partial charge is 0.406 e. The van der Waals surface area contributed by atoms with E-state index in [1.54, 1.807) is 19.3 Å². The Labute approximate surface area is 244 Å². The Morgan fingerprint density at radius 3 is 2.48 bits per heavy atom. The molecule has 2 fully saturated rings. The Kier molecular flexibility index (Phi) is 9.59. The van der Waals surface area contributed by atoms with E-state index in [0.717, 1.165) is 81.3 Å². The van der Waals surface area contributed by atoms with Gasteiger partial charge < -0.3 is 25.0 Å². The molecular formula is C29H34Cl2N6O3. The summed E-state index contributed by atoms with van der Waals surface area (Å²) >= 11 is 12.6. The third-order valence-corrected chi connectivity index (χ3v) is 7.61. The highest BCUT2D eigenvalue weighted by molar-refractivity contribution is 6.35. The number of alkyl carbamates (subject to hydrolysis) is 1. The van der Waals surface area contributed by atoms with Crippen molar-refractivity contribution in [2.45, 2.75) is 19.4 Å².